The van der Waals surface area contributed by atoms with Crippen LogP contribution in [0, 0.1) is 0 Å². The van der Waals surface area contributed by atoms with Gasteiger partial charge in [-0.15, -0.1) is 15.3 Å². The van der Waals surface area contributed by atoms with E-state index in [2.05, 4.69) is 25.0 Å². The molecule has 3 aromatic rings. The lowest BCUT2D eigenvalue weighted by atomic mass is 10.3. The second-order valence-corrected chi connectivity index (χ2v) is 5.19. The summed E-state index contributed by atoms with van der Waals surface area (Å²) in [5, 5.41) is 13.5. The van der Waals surface area contributed by atoms with Crippen molar-refractivity contribution >= 4 is 23.0 Å². The van der Waals surface area contributed by atoms with E-state index >= 15 is 0 Å². The van der Waals surface area contributed by atoms with Crippen LogP contribution in [0.1, 0.15) is 22.8 Å². The summed E-state index contributed by atoms with van der Waals surface area (Å²) >= 11 is 0.342. The summed E-state index contributed by atoms with van der Waals surface area (Å²) in [5.41, 5.74) is 0.306. The van der Waals surface area contributed by atoms with Crippen molar-refractivity contribution in [3.8, 4) is 0 Å². The van der Waals surface area contributed by atoms with Crippen molar-refractivity contribution < 1.29 is 22.0 Å². The summed E-state index contributed by atoms with van der Waals surface area (Å²) in [4.78, 5) is -0.809. The van der Waals surface area contributed by atoms with Crippen LogP contribution < -0.4 is 5.32 Å². The molecule has 0 amide bonds. The zero-order valence-electron chi connectivity index (χ0n) is 11.1. The Labute approximate surface area is 129 Å². The lowest BCUT2D eigenvalue weighted by molar-refractivity contribution is -0.134. The van der Waals surface area contributed by atoms with Crippen LogP contribution >= 0.6 is 11.5 Å². The van der Waals surface area contributed by atoms with Gasteiger partial charge in [-0.3, -0.25) is 0 Å². The molecule has 0 atom stereocenters. The summed E-state index contributed by atoms with van der Waals surface area (Å²) in [6.45, 7) is -0.0305. The van der Waals surface area contributed by atoms with Gasteiger partial charge in [-0.1, -0.05) is 0 Å². The van der Waals surface area contributed by atoms with E-state index in [1.807, 2.05) is 0 Å². The zero-order valence-corrected chi connectivity index (χ0v) is 11.9. The molecule has 23 heavy (non-hydrogen) atoms. The van der Waals surface area contributed by atoms with E-state index in [0.29, 0.717) is 11.5 Å². The van der Waals surface area contributed by atoms with Gasteiger partial charge in [0.2, 0.25) is 5.82 Å². The van der Waals surface area contributed by atoms with Crippen molar-refractivity contribution in [1.82, 2.24) is 24.2 Å². The summed E-state index contributed by atoms with van der Waals surface area (Å²) in [7, 11) is 0. The first kappa shape index (κ1) is 15.5. The third-order valence-electron chi connectivity index (χ3n) is 2.77. The molecule has 122 valence electrons. The van der Waals surface area contributed by atoms with Gasteiger partial charge in [-0.2, -0.15) is 22.1 Å². The van der Waals surface area contributed by atoms with Gasteiger partial charge < -0.3 is 5.32 Å². The van der Waals surface area contributed by atoms with E-state index in [4.69, 9.17) is 0 Å². The Morgan fingerprint density at radius 3 is 2.65 bits per heavy atom. The Balaban J connectivity index is 1.76. The highest BCUT2D eigenvalue weighted by Gasteiger charge is 2.33. The van der Waals surface area contributed by atoms with E-state index in [1.54, 1.807) is 0 Å². The molecule has 0 bridgehead atoms. The number of hydrogen-bond acceptors (Lipinski definition) is 6. The maximum atomic E-state index is 12.7. The predicted molar refractivity (Wildman–Crippen MR) is 70.2 cm³/mol. The van der Waals surface area contributed by atoms with Gasteiger partial charge in [-0.05, 0) is 29.7 Å². The number of aromatic nitrogens is 5. The summed E-state index contributed by atoms with van der Waals surface area (Å²) in [6, 6.07) is 3.78. The monoisotopic (exact) mass is 350 g/mol. The summed E-state index contributed by atoms with van der Waals surface area (Å²) in [6.07, 6.45) is -7.29. The average Bonchev–Trinajstić information content (AvgIpc) is 3.11. The van der Waals surface area contributed by atoms with Crippen molar-refractivity contribution in [2.45, 2.75) is 19.1 Å². The minimum absolute atomic E-state index is 0.0305. The second kappa shape index (κ2) is 5.68. The van der Waals surface area contributed by atoms with Crippen LogP contribution in [0.4, 0.5) is 27.8 Å². The van der Waals surface area contributed by atoms with Crippen LogP contribution in [0.25, 0.3) is 5.65 Å². The maximum Gasteiger partial charge on any atom is 0.427 e. The molecule has 0 aromatic carbocycles. The SMILES string of the molecule is FC(F)c1nnc2ccc(NCc3cc(C(F)(F)F)sn3)nn12. The number of halogens is 5. The average molecular weight is 350 g/mol. The Bertz CT molecular complexity index is 826. The van der Waals surface area contributed by atoms with Crippen molar-refractivity contribution in [3.05, 3.63) is 34.6 Å². The van der Waals surface area contributed by atoms with Gasteiger partial charge >= 0.3 is 6.18 Å². The molecule has 3 aromatic heterocycles. The molecular weight excluding hydrogens is 343 g/mol. The fourth-order valence-corrected chi connectivity index (χ4v) is 2.37. The number of anilines is 1. The highest BCUT2D eigenvalue weighted by molar-refractivity contribution is 7.05. The van der Waals surface area contributed by atoms with Crippen LogP contribution in [-0.4, -0.2) is 24.2 Å². The summed E-state index contributed by atoms with van der Waals surface area (Å²) in [5.74, 6) is -0.433. The Morgan fingerprint density at radius 1 is 1.22 bits per heavy atom. The van der Waals surface area contributed by atoms with Gasteiger partial charge in [0, 0.05) is 0 Å². The standard InChI is InChI=1S/C11H7F5N6S/c12-9(13)10-19-18-8-2-1-7(20-22(8)10)17-4-5-3-6(23-21-5)11(14,15)16/h1-3,9H,4H2,(H,17,20). The normalized spacial score (nSPS) is 12.3. The predicted octanol–water partition coefficient (Wildman–Crippen LogP) is 3.15. The molecule has 0 radical (unpaired) electrons. The Kier molecular flexibility index (Phi) is 3.83. The van der Waals surface area contributed by atoms with Gasteiger partial charge in [0.25, 0.3) is 6.43 Å². The number of fused-ring (bicyclic) bond motifs is 1. The first-order valence-corrected chi connectivity index (χ1v) is 6.89. The number of nitrogens with one attached hydrogen (secondary N) is 1. The molecule has 0 saturated heterocycles. The van der Waals surface area contributed by atoms with E-state index in [1.165, 1.54) is 12.1 Å². The molecule has 0 aliphatic carbocycles. The van der Waals surface area contributed by atoms with Crippen LogP contribution in [0.2, 0.25) is 0 Å². The van der Waals surface area contributed by atoms with Gasteiger partial charge in [0.1, 0.15) is 10.7 Å². The minimum Gasteiger partial charge on any atom is -0.363 e. The fraction of sp³-hybridized carbons (Fsp3) is 0.273. The highest BCUT2D eigenvalue weighted by Crippen LogP contribution is 2.32. The number of alkyl halides is 5. The third kappa shape index (κ3) is 3.21. The lowest BCUT2D eigenvalue weighted by Gasteiger charge is -2.04. The van der Waals surface area contributed by atoms with Crippen molar-refractivity contribution in [2.75, 3.05) is 5.32 Å². The van der Waals surface area contributed by atoms with Crippen LogP contribution in [0.5, 0.6) is 0 Å². The van der Waals surface area contributed by atoms with E-state index in [9.17, 15) is 22.0 Å². The van der Waals surface area contributed by atoms with Crippen molar-refractivity contribution in [3.63, 3.8) is 0 Å². The van der Waals surface area contributed by atoms with Gasteiger partial charge in [0.15, 0.2) is 5.65 Å². The number of rotatable bonds is 4. The van der Waals surface area contributed by atoms with E-state index in [-0.39, 0.29) is 23.7 Å². The molecule has 0 fully saturated rings. The largest absolute Gasteiger partial charge is 0.427 e. The molecule has 0 unspecified atom stereocenters. The topological polar surface area (TPSA) is 68.0 Å². The highest BCUT2D eigenvalue weighted by atomic mass is 32.1. The molecule has 0 spiro atoms. The van der Waals surface area contributed by atoms with E-state index < -0.39 is 23.3 Å². The lowest BCUT2D eigenvalue weighted by Crippen LogP contribution is -2.06. The molecular formula is C11H7F5N6S. The molecule has 3 heterocycles. The van der Waals surface area contributed by atoms with Crippen LogP contribution in [0.3, 0.4) is 0 Å². The third-order valence-corrected chi connectivity index (χ3v) is 3.64. The minimum atomic E-state index is -4.44. The van der Waals surface area contributed by atoms with Crippen molar-refractivity contribution in [1.29, 1.82) is 0 Å². The molecule has 0 saturated carbocycles. The zero-order chi connectivity index (χ0) is 16.6. The number of hydrogen-bond donors (Lipinski definition) is 1. The molecule has 3 rings (SSSR count). The molecule has 6 nitrogen and oxygen atoms in total. The van der Waals surface area contributed by atoms with E-state index in [0.717, 1.165) is 10.6 Å². The van der Waals surface area contributed by atoms with Crippen LogP contribution in [-0.2, 0) is 12.7 Å². The van der Waals surface area contributed by atoms with Crippen molar-refractivity contribution in [2.24, 2.45) is 0 Å². The Morgan fingerprint density at radius 2 is 2.00 bits per heavy atom. The maximum absolute atomic E-state index is 12.7. The Hall–Kier alpha value is -2.37. The number of nitrogens with zero attached hydrogens (tertiary/aromatic N) is 5. The quantitative estimate of drug-likeness (QED) is 0.732. The molecule has 12 heteroatoms. The first-order valence-electron chi connectivity index (χ1n) is 6.12. The smallest absolute Gasteiger partial charge is 0.363 e. The first-order chi connectivity index (χ1) is 10.8. The fourth-order valence-electron chi connectivity index (χ4n) is 1.75. The van der Waals surface area contributed by atoms with Gasteiger partial charge in [-0.25, -0.2) is 8.78 Å². The second-order valence-electron chi connectivity index (χ2n) is 4.38. The van der Waals surface area contributed by atoms with Crippen LogP contribution in [0.15, 0.2) is 18.2 Å². The molecule has 0 aliphatic heterocycles. The molecule has 1 N–H and O–H groups in total. The molecule has 0 aliphatic rings. The summed E-state index contributed by atoms with van der Waals surface area (Å²) < 4.78 is 67.4. The van der Waals surface area contributed by atoms with Gasteiger partial charge in [0.05, 0.1) is 12.2 Å².